The molecular formula is C14H17NO2. The lowest BCUT2D eigenvalue weighted by atomic mass is 10.0. The van der Waals surface area contributed by atoms with Crippen LogP contribution in [0.4, 0.5) is 0 Å². The van der Waals surface area contributed by atoms with Gasteiger partial charge < -0.3 is 9.63 Å². The average molecular weight is 231 g/mol. The highest BCUT2D eigenvalue weighted by molar-refractivity contribution is 5.60. The van der Waals surface area contributed by atoms with Crippen molar-refractivity contribution in [1.82, 2.24) is 5.16 Å². The van der Waals surface area contributed by atoms with E-state index in [-0.39, 0.29) is 6.61 Å². The van der Waals surface area contributed by atoms with Crippen LogP contribution in [0.15, 0.2) is 28.8 Å². The van der Waals surface area contributed by atoms with Crippen LogP contribution in [0.1, 0.15) is 23.3 Å². The summed E-state index contributed by atoms with van der Waals surface area (Å²) in [5.41, 5.74) is 4.47. The molecule has 0 unspecified atom stereocenters. The number of hydrogen-bond donors (Lipinski definition) is 1. The van der Waals surface area contributed by atoms with E-state index in [2.05, 4.69) is 37.2 Å². The Hall–Kier alpha value is -1.61. The summed E-state index contributed by atoms with van der Waals surface area (Å²) in [6.07, 6.45) is 1.44. The van der Waals surface area contributed by atoms with Crippen molar-refractivity contribution in [1.29, 1.82) is 0 Å². The molecule has 0 bridgehead atoms. The van der Waals surface area contributed by atoms with Gasteiger partial charge in [0.05, 0.1) is 0 Å². The molecular weight excluding hydrogens is 214 g/mol. The molecule has 2 rings (SSSR count). The third-order valence-electron chi connectivity index (χ3n) is 2.94. The van der Waals surface area contributed by atoms with Gasteiger partial charge in [0.2, 0.25) is 0 Å². The lowest BCUT2D eigenvalue weighted by Crippen LogP contribution is -1.86. The fourth-order valence-electron chi connectivity index (χ4n) is 1.72. The van der Waals surface area contributed by atoms with E-state index in [1.807, 2.05) is 6.07 Å². The van der Waals surface area contributed by atoms with Crippen LogP contribution in [0, 0.1) is 13.8 Å². The highest BCUT2D eigenvalue weighted by atomic mass is 16.5. The molecule has 0 amide bonds. The van der Waals surface area contributed by atoms with E-state index in [0.29, 0.717) is 6.42 Å². The SMILES string of the molecule is Cc1ccc(-c2cc(CCCO)on2)cc1C. The molecule has 1 aromatic carbocycles. The molecule has 0 aliphatic carbocycles. The minimum Gasteiger partial charge on any atom is -0.396 e. The van der Waals surface area contributed by atoms with Crippen molar-refractivity contribution in [2.45, 2.75) is 26.7 Å². The molecule has 1 heterocycles. The number of hydrogen-bond acceptors (Lipinski definition) is 3. The number of aromatic nitrogens is 1. The molecule has 3 heteroatoms. The zero-order chi connectivity index (χ0) is 12.3. The second-order valence-electron chi connectivity index (χ2n) is 4.30. The summed E-state index contributed by atoms with van der Waals surface area (Å²) < 4.78 is 5.23. The first-order valence-electron chi connectivity index (χ1n) is 5.85. The van der Waals surface area contributed by atoms with Gasteiger partial charge in [0.25, 0.3) is 0 Å². The van der Waals surface area contributed by atoms with Gasteiger partial charge in [0.1, 0.15) is 11.5 Å². The number of rotatable bonds is 4. The Morgan fingerprint density at radius 3 is 2.71 bits per heavy atom. The van der Waals surface area contributed by atoms with Gasteiger partial charge in [-0.05, 0) is 37.5 Å². The van der Waals surface area contributed by atoms with E-state index in [0.717, 1.165) is 23.4 Å². The maximum atomic E-state index is 8.76. The van der Waals surface area contributed by atoms with Crippen LogP contribution in [0.3, 0.4) is 0 Å². The Morgan fingerprint density at radius 2 is 2.00 bits per heavy atom. The van der Waals surface area contributed by atoms with Crippen LogP contribution >= 0.6 is 0 Å². The molecule has 1 aromatic heterocycles. The zero-order valence-corrected chi connectivity index (χ0v) is 10.2. The van der Waals surface area contributed by atoms with Crippen molar-refractivity contribution in [2.24, 2.45) is 0 Å². The average Bonchev–Trinajstić information content (AvgIpc) is 2.79. The Bertz CT molecular complexity index is 503. The topological polar surface area (TPSA) is 46.3 Å². The first kappa shape index (κ1) is 11.9. The molecule has 0 radical (unpaired) electrons. The third-order valence-corrected chi connectivity index (χ3v) is 2.94. The Morgan fingerprint density at radius 1 is 1.18 bits per heavy atom. The first-order chi connectivity index (χ1) is 8.20. The normalized spacial score (nSPS) is 10.8. The van der Waals surface area contributed by atoms with Crippen LogP contribution in [-0.2, 0) is 6.42 Å². The van der Waals surface area contributed by atoms with Gasteiger partial charge in [-0.3, -0.25) is 0 Å². The van der Waals surface area contributed by atoms with E-state index in [1.165, 1.54) is 11.1 Å². The van der Waals surface area contributed by atoms with E-state index in [9.17, 15) is 0 Å². The number of aliphatic hydroxyl groups is 1. The van der Waals surface area contributed by atoms with Crippen LogP contribution in [-0.4, -0.2) is 16.9 Å². The molecule has 0 saturated heterocycles. The predicted molar refractivity (Wildman–Crippen MR) is 66.8 cm³/mol. The van der Waals surface area contributed by atoms with Gasteiger partial charge in [-0.15, -0.1) is 0 Å². The number of aryl methyl sites for hydroxylation is 3. The summed E-state index contributed by atoms with van der Waals surface area (Å²) in [7, 11) is 0. The fraction of sp³-hybridized carbons (Fsp3) is 0.357. The Kier molecular flexibility index (Phi) is 3.59. The lowest BCUT2D eigenvalue weighted by molar-refractivity contribution is 0.280. The summed E-state index contributed by atoms with van der Waals surface area (Å²) in [6, 6.07) is 8.20. The number of aliphatic hydroxyl groups excluding tert-OH is 1. The maximum Gasteiger partial charge on any atom is 0.137 e. The standard InChI is InChI=1S/C14H17NO2/c1-10-5-6-12(8-11(10)2)14-9-13(17-15-14)4-3-7-16/h5-6,8-9,16H,3-4,7H2,1-2H3. The van der Waals surface area contributed by atoms with Crippen molar-refractivity contribution in [3.8, 4) is 11.3 Å². The number of nitrogens with zero attached hydrogens (tertiary/aromatic N) is 1. The number of benzene rings is 1. The van der Waals surface area contributed by atoms with E-state index in [4.69, 9.17) is 9.63 Å². The molecule has 0 aliphatic heterocycles. The highest BCUT2D eigenvalue weighted by Crippen LogP contribution is 2.22. The molecule has 0 aliphatic rings. The molecule has 90 valence electrons. The van der Waals surface area contributed by atoms with E-state index in [1.54, 1.807) is 0 Å². The molecule has 0 spiro atoms. The van der Waals surface area contributed by atoms with Gasteiger partial charge in [0.15, 0.2) is 0 Å². The molecule has 1 N–H and O–H groups in total. The first-order valence-corrected chi connectivity index (χ1v) is 5.85. The molecule has 0 saturated carbocycles. The van der Waals surface area contributed by atoms with Crippen molar-refractivity contribution >= 4 is 0 Å². The minimum atomic E-state index is 0.180. The predicted octanol–water partition coefficient (Wildman–Crippen LogP) is 2.88. The van der Waals surface area contributed by atoms with Gasteiger partial charge in [0, 0.05) is 24.7 Å². The quantitative estimate of drug-likeness (QED) is 0.880. The third kappa shape index (κ3) is 2.74. The van der Waals surface area contributed by atoms with Crippen molar-refractivity contribution in [3.63, 3.8) is 0 Å². The summed E-state index contributed by atoms with van der Waals surface area (Å²) in [5.74, 6) is 0.826. The molecule has 17 heavy (non-hydrogen) atoms. The Balaban J connectivity index is 2.21. The van der Waals surface area contributed by atoms with Crippen molar-refractivity contribution in [2.75, 3.05) is 6.61 Å². The Labute approximate surface area is 101 Å². The van der Waals surface area contributed by atoms with Gasteiger partial charge >= 0.3 is 0 Å². The van der Waals surface area contributed by atoms with Crippen molar-refractivity contribution < 1.29 is 9.63 Å². The van der Waals surface area contributed by atoms with Crippen LogP contribution < -0.4 is 0 Å². The summed E-state index contributed by atoms with van der Waals surface area (Å²) in [6.45, 7) is 4.36. The molecule has 2 aromatic rings. The minimum absolute atomic E-state index is 0.180. The van der Waals surface area contributed by atoms with Crippen molar-refractivity contribution in [3.05, 3.63) is 41.2 Å². The van der Waals surface area contributed by atoms with E-state index >= 15 is 0 Å². The fourth-order valence-corrected chi connectivity index (χ4v) is 1.72. The van der Waals surface area contributed by atoms with Gasteiger partial charge in [-0.2, -0.15) is 0 Å². The van der Waals surface area contributed by atoms with Crippen LogP contribution in [0.5, 0.6) is 0 Å². The van der Waals surface area contributed by atoms with E-state index < -0.39 is 0 Å². The van der Waals surface area contributed by atoms with Gasteiger partial charge in [-0.25, -0.2) is 0 Å². The monoisotopic (exact) mass is 231 g/mol. The maximum absolute atomic E-state index is 8.76. The second-order valence-corrected chi connectivity index (χ2v) is 4.30. The second kappa shape index (κ2) is 5.15. The molecule has 0 fully saturated rings. The summed E-state index contributed by atoms with van der Waals surface area (Å²) in [4.78, 5) is 0. The smallest absolute Gasteiger partial charge is 0.137 e. The highest BCUT2D eigenvalue weighted by Gasteiger charge is 2.07. The van der Waals surface area contributed by atoms with Crippen LogP contribution in [0.2, 0.25) is 0 Å². The zero-order valence-electron chi connectivity index (χ0n) is 10.2. The van der Waals surface area contributed by atoms with Gasteiger partial charge in [-0.1, -0.05) is 17.3 Å². The summed E-state index contributed by atoms with van der Waals surface area (Å²) in [5, 5.41) is 12.8. The molecule has 0 atom stereocenters. The molecule has 3 nitrogen and oxygen atoms in total. The summed E-state index contributed by atoms with van der Waals surface area (Å²) >= 11 is 0. The van der Waals surface area contributed by atoms with Crippen LogP contribution in [0.25, 0.3) is 11.3 Å². The largest absolute Gasteiger partial charge is 0.396 e. The lowest BCUT2D eigenvalue weighted by Gasteiger charge is -2.01.